The minimum Gasteiger partial charge on any atom is -0.468 e. The average Bonchev–Trinajstić information content (AvgIpc) is 2.31. The number of rotatable bonds is 5. The normalized spacial score (nSPS) is 27.3. The largest absolute Gasteiger partial charge is 0.468 e. The lowest BCUT2D eigenvalue weighted by molar-refractivity contribution is -0.145. The highest BCUT2D eigenvalue weighted by Gasteiger charge is 2.27. The molecule has 0 unspecified atom stereocenters. The Morgan fingerprint density at radius 1 is 1.67 bits per heavy atom. The van der Waals surface area contributed by atoms with Crippen LogP contribution in [0.25, 0.3) is 0 Å². The molecule has 1 rings (SSSR count). The summed E-state index contributed by atoms with van der Waals surface area (Å²) in [5.74, 6) is 0.634. The Hall–Kier alpha value is -0.870. The molecule has 0 heterocycles. The van der Waals surface area contributed by atoms with E-state index in [9.17, 15) is 9.90 Å². The first-order valence-corrected chi connectivity index (χ1v) is 6.63. The minimum atomic E-state index is -0.749. The lowest BCUT2D eigenvalue weighted by atomic mass is 9.80. The standard InChI is InChI=1S/C14H25NO3/c1-9-6-5-7-10(2)12(9)8-15-13(11(3)16)14(17)18-4/h6,10-13,15-16H,5,7-8H2,1-4H3/t10-,11+,12+,13+/m0/s1. The second kappa shape index (κ2) is 6.90. The molecule has 4 heteroatoms. The van der Waals surface area contributed by atoms with Crippen LogP contribution in [0.3, 0.4) is 0 Å². The SMILES string of the molecule is COC(=O)[C@H](NC[C@@H]1C(C)=CCC[C@@H]1C)[C@@H](C)O. The maximum absolute atomic E-state index is 11.5. The summed E-state index contributed by atoms with van der Waals surface area (Å²) >= 11 is 0. The second-order valence-corrected chi connectivity index (χ2v) is 5.26. The fourth-order valence-corrected chi connectivity index (χ4v) is 2.57. The second-order valence-electron chi connectivity index (χ2n) is 5.26. The summed E-state index contributed by atoms with van der Waals surface area (Å²) in [6, 6.07) is -0.642. The van der Waals surface area contributed by atoms with Crippen molar-refractivity contribution in [3.63, 3.8) is 0 Å². The topological polar surface area (TPSA) is 58.6 Å². The summed E-state index contributed by atoms with van der Waals surface area (Å²) < 4.78 is 4.69. The molecule has 104 valence electrons. The van der Waals surface area contributed by atoms with E-state index < -0.39 is 18.1 Å². The summed E-state index contributed by atoms with van der Waals surface area (Å²) in [7, 11) is 1.34. The van der Waals surface area contributed by atoms with Gasteiger partial charge >= 0.3 is 5.97 Å². The van der Waals surface area contributed by atoms with Crippen LogP contribution in [0.1, 0.15) is 33.6 Å². The number of hydrogen-bond donors (Lipinski definition) is 2. The van der Waals surface area contributed by atoms with Crippen molar-refractivity contribution < 1.29 is 14.6 Å². The molecule has 1 aliphatic rings. The molecule has 1 aliphatic carbocycles. The van der Waals surface area contributed by atoms with E-state index in [1.807, 2.05) is 0 Å². The number of hydrogen-bond acceptors (Lipinski definition) is 4. The lowest BCUT2D eigenvalue weighted by Gasteiger charge is -2.30. The molecule has 18 heavy (non-hydrogen) atoms. The predicted octanol–water partition coefficient (Wildman–Crippen LogP) is 1.49. The fourth-order valence-electron chi connectivity index (χ4n) is 2.57. The van der Waals surface area contributed by atoms with Crippen LogP contribution in [0, 0.1) is 11.8 Å². The van der Waals surface area contributed by atoms with E-state index in [2.05, 4.69) is 25.2 Å². The van der Waals surface area contributed by atoms with Crippen molar-refractivity contribution in [2.75, 3.05) is 13.7 Å². The monoisotopic (exact) mass is 255 g/mol. The first-order chi connectivity index (χ1) is 8.47. The van der Waals surface area contributed by atoms with Gasteiger partial charge in [-0.3, -0.25) is 4.79 Å². The first-order valence-electron chi connectivity index (χ1n) is 6.63. The number of aliphatic hydroxyl groups is 1. The zero-order valence-electron chi connectivity index (χ0n) is 11.8. The summed E-state index contributed by atoms with van der Waals surface area (Å²) in [6.07, 6.45) is 3.84. The first kappa shape index (κ1) is 15.2. The summed E-state index contributed by atoms with van der Waals surface area (Å²) in [6.45, 7) is 6.67. The van der Waals surface area contributed by atoms with Crippen LogP contribution < -0.4 is 5.32 Å². The van der Waals surface area contributed by atoms with Crippen molar-refractivity contribution in [1.29, 1.82) is 0 Å². The molecule has 0 aromatic rings. The highest BCUT2D eigenvalue weighted by atomic mass is 16.5. The van der Waals surface area contributed by atoms with E-state index in [4.69, 9.17) is 4.74 Å². The van der Waals surface area contributed by atoms with E-state index in [0.29, 0.717) is 18.4 Å². The van der Waals surface area contributed by atoms with Crippen LogP contribution >= 0.6 is 0 Å². The maximum atomic E-state index is 11.5. The van der Waals surface area contributed by atoms with Crippen LogP contribution in [0.2, 0.25) is 0 Å². The van der Waals surface area contributed by atoms with E-state index >= 15 is 0 Å². The molecule has 0 spiro atoms. The van der Waals surface area contributed by atoms with Gasteiger partial charge in [-0.2, -0.15) is 0 Å². The van der Waals surface area contributed by atoms with Gasteiger partial charge in [0.15, 0.2) is 0 Å². The van der Waals surface area contributed by atoms with Gasteiger partial charge in [-0.25, -0.2) is 0 Å². The van der Waals surface area contributed by atoms with E-state index in [-0.39, 0.29) is 0 Å². The Bertz CT molecular complexity index is 312. The third-order valence-electron chi connectivity index (χ3n) is 3.86. The third kappa shape index (κ3) is 3.82. The molecule has 4 atom stereocenters. The van der Waals surface area contributed by atoms with Gasteiger partial charge in [0.05, 0.1) is 13.2 Å². The van der Waals surface area contributed by atoms with Gasteiger partial charge in [-0.15, -0.1) is 0 Å². The molecule has 4 nitrogen and oxygen atoms in total. The van der Waals surface area contributed by atoms with Crippen molar-refractivity contribution >= 4 is 5.97 Å². The quantitative estimate of drug-likeness (QED) is 0.577. The Kier molecular flexibility index (Phi) is 5.82. The number of ether oxygens (including phenoxy) is 1. The number of carbonyl (C=O) groups is 1. The fraction of sp³-hybridized carbons (Fsp3) is 0.786. The highest BCUT2D eigenvalue weighted by molar-refractivity contribution is 5.76. The van der Waals surface area contributed by atoms with Crippen LogP contribution in [0.4, 0.5) is 0 Å². The molecule has 2 N–H and O–H groups in total. The molecule has 0 radical (unpaired) electrons. The van der Waals surface area contributed by atoms with Gasteiger partial charge in [0.25, 0.3) is 0 Å². The Balaban J connectivity index is 2.59. The zero-order chi connectivity index (χ0) is 13.7. The molecule has 0 saturated heterocycles. The Morgan fingerprint density at radius 3 is 2.83 bits per heavy atom. The van der Waals surface area contributed by atoms with Crippen molar-refractivity contribution in [3.8, 4) is 0 Å². The molecule has 0 fully saturated rings. The van der Waals surface area contributed by atoms with Crippen molar-refractivity contribution in [3.05, 3.63) is 11.6 Å². The van der Waals surface area contributed by atoms with Crippen molar-refractivity contribution in [2.24, 2.45) is 11.8 Å². The molecule has 0 saturated carbocycles. The number of esters is 1. The minimum absolute atomic E-state index is 0.407. The summed E-state index contributed by atoms with van der Waals surface area (Å²) in [5, 5.41) is 12.7. The smallest absolute Gasteiger partial charge is 0.325 e. The van der Waals surface area contributed by atoms with Crippen LogP contribution in [-0.2, 0) is 9.53 Å². The van der Waals surface area contributed by atoms with E-state index in [1.165, 1.54) is 19.1 Å². The van der Waals surface area contributed by atoms with Crippen LogP contribution in [0.15, 0.2) is 11.6 Å². The molecule has 0 aromatic carbocycles. The zero-order valence-corrected chi connectivity index (χ0v) is 11.8. The van der Waals surface area contributed by atoms with Crippen molar-refractivity contribution in [2.45, 2.75) is 45.8 Å². The lowest BCUT2D eigenvalue weighted by Crippen LogP contribution is -2.48. The summed E-state index contributed by atoms with van der Waals surface area (Å²) in [4.78, 5) is 11.5. The van der Waals surface area contributed by atoms with Crippen LogP contribution in [-0.4, -0.2) is 36.9 Å². The van der Waals surface area contributed by atoms with Crippen LogP contribution in [0.5, 0.6) is 0 Å². The van der Waals surface area contributed by atoms with Gasteiger partial charge in [0, 0.05) is 6.54 Å². The number of carbonyl (C=O) groups excluding carboxylic acids is 1. The maximum Gasteiger partial charge on any atom is 0.325 e. The molecular formula is C14H25NO3. The third-order valence-corrected chi connectivity index (χ3v) is 3.86. The van der Waals surface area contributed by atoms with E-state index in [0.717, 1.165) is 6.42 Å². The highest BCUT2D eigenvalue weighted by Crippen LogP contribution is 2.29. The number of allylic oxidation sites excluding steroid dienone is 1. The van der Waals surface area contributed by atoms with Crippen molar-refractivity contribution in [1.82, 2.24) is 5.32 Å². The number of nitrogens with one attached hydrogen (secondary N) is 1. The number of aliphatic hydroxyl groups excluding tert-OH is 1. The van der Waals surface area contributed by atoms with Gasteiger partial charge in [-0.1, -0.05) is 18.6 Å². The molecule has 0 aliphatic heterocycles. The Morgan fingerprint density at radius 2 is 2.33 bits per heavy atom. The Labute approximate surface area is 109 Å². The molecule has 0 bridgehead atoms. The van der Waals surface area contributed by atoms with Gasteiger partial charge in [0.2, 0.25) is 0 Å². The number of methoxy groups -OCH3 is 1. The van der Waals surface area contributed by atoms with Gasteiger partial charge in [-0.05, 0) is 38.5 Å². The molecule has 0 aromatic heterocycles. The molecular weight excluding hydrogens is 230 g/mol. The van der Waals surface area contributed by atoms with Gasteiger partial charge < -0.3 is 15.2 Å². The van der Waals surface area contributed by atoms with E-state index in [1.54, 1.807) is 6.92 Å². The predicted molar refractivity (Wildman–Crippen MR) is 71.1 cm³/mol. The van der Waals surface area contributed by atoms with Gasteiger partial charge in [0.1, 0.15) is 6.04 Å². The molecule has 0 amide bonds. The summed E-state index contributed by atoms with van der Waals surface area (Å²) in [5.41, 5.74) is 1.37. The average molecular weight is 255 g/mol.